The van der Waals surface area contributed by atoms with E-state index in [1.54, 1.807) is 13.2 Å². The highest BCUT2D eigenvalue weighted by molar-refractivity contribution is 5.93. The lowest BCUT2D eigenvalue weighted by Gasteiger charge is -2.12. The first-order valence-corrected chi connectivity index (χ1v) is 8.71. The molecule has 0 aliphatic carbocycles. The third-order valence-corrected chi connectivity index (χ3v) is 3.99. The zero-order valence-electron chi connectivity index (χ0n) is 15.4. The minimum absolute atomic E-state index is 0.264. The molecule has 6 heteroatoms. The van der Waals surface area contributed by atoms with Crippen LogP contribution in [0.5, 0.6) is 0 Å². The van der Waals surface area contributed by atoms with Gasteiger partial charge in [0.05, 0.1) is 6.61 Å². The van der Waals surface area contributed by atoms with Gasteiger partial charge in [-0.15, -0.1) is 0 Å². The van der Waals surface area contributed by atoms with Gasteiger partial charge in [0, 0.05) is 31.0 Å². The number of carbonyl (C=O) groups excluding carboxylic acids is 1. The van der Waals surface area contributed by atoms with Crippen molar-refractivity contribution in [2.75, 3.05) is 25.6 Å². The van der Waals surface area contributed by atoms with Crippen LogP contribution in [0.2, 0.25) is 0 Å². The van der Waals surface area contributed by atoms with E-state index in [4.69, 9.17) is 4.74 Å². The van der Waals surface area contributed by atoms with E-state index >= 15 is 0 Å². The summed E-state index contributed by atoms with van der Waals surface area (Å²) in [6, 6.07) is 19.2. The zero-order chi connectivity index (χ0) is 19.1. The molecule has 0 bridgehead atoms. The summed E-state index contributed by atoms with van der Waals surface area (Å²) in [6.45, 7) is 2.87. The lowest BCUT2D eigenvalue weighted by atomic mass is 10.2. The number of para-hydroxylation sites is 1. The Labute approximate surface area is 158 Å². The molecule has 2 N–H and O–H groups in total. The monoisotopic (exact) mass is 362 g/mol. The summed E-state index contributed by atoms with van der Waals surface area (Å²) in [5, 5.41) is 6.09. The van der Waals surface area contributed by atoms with Crippen LogP contribution in [0.1, 0.15) is 16.1 Å². The molecule has 1 heterocycles. The molecule has 3 aromatic rings. The van der Waals surface area contributed by atoms with Crippen molar-refractivity contribution in [3.63, 3.8) is 0 Å². The average molecular weight is 362 g/mol. The highest BCUT2D eigenvalue weighted by Gasteiger charge is 2.13. The number of nitrogens with zero attached hydrogens (tertiary/aromatic N) is 2. The van der Waals surface area contributed by atoms with Gasteiger partial charge in [-0.05, 0) is 18.6 Å². The quantitative estimate of drug-likeness (QED) is 0.629. The minimum atomic E-state index is -0.264. The molecule has 0 radical (unpaired) electrons. The highest BCUT2D eigenvalue weighted by Crippen LogP contribution is 2.22. The number of ether oxygens (including phenoxy) is 1. The van der Waals surface area contributed by atoms with Crippen LogP contribution in [-0.4, -0.2) is 36.1 Å². The predicted molar refractivity (Wildman–Crippen MR) is 106 cm³/mol. The van der Waals surface area contributed by atoms with Gasteiger partial charge in [0.2, 0.25) is 0 Å². The Morgan fingerprint density at radius 1 is 1.04 bits per heavy atom. The topological polar surface area (TPSA) is 76.1 Å². The number of hydrogen-bond donors (Lipinski definition) is 2. The number of hydrogen-bond acceptors (Lipinski definition) is 5. The number of benzene rings is 2. The smallest absolute Gasteiger partial charge is 0.270 e. The molecule has 0 spiro atoms. The second-order valence-corrected chi connectivity index (χ2v) is 6.02. The van der Waals surface area contributed by atoms with Crippen LogP contribution in [0.4, 0.5) is 11.5 Å². The standard InChI is InChI=1S/C21H22N4O2/c1-15-8-6-7-11-17(15)23-19-14-18(21(26)22-12-13-27-2)24-20(25-19)16-9-4-3-5-10-16/h3-11,14H,12-13H2,1-2H3,(H,22,26)(H,23,24,25). The molecule has 1 amide bonds. The SMILES string of the molecule is COCCNC(=O)c1cc(Nc2ccccc2C)nc(-c2ccccc2)n1. The lowest BCUT2D eigenvalue weighted by Crippen LogP contribution is -2.28. The summed E-state index contributed by atoms with van der Waals surface area (Å²) in [5.41, 5.74) is 3.16. The van der Waals surface area contributed by atoms with Gasteiger partial charge >= 0.3 is 0 Å². The summed E-state index contributed by atoms with van der Waals surface area (Å²) >= 11 is 0. The molecule has 0 aliphatic heterocycles. The minimum Gasteiger partial charge on any atom is -0.383 e. The van der Waals surface area contributed by atoms with Crippen molar-refractivity contribution in [1.29, 1.82) is 0 Å². The van der Waals surface area contributed by atoms with E-state index in [9.17, 15) is 4.79 Å². The van der Waals surface area contributed by atoms with E-state index in [0.29, 0.717) is 30.5 Å². The van der Waals surface area contributed by atoms with Crippen molar-refractivity contribution in [3.05, 3.63) is 71.9 Å². The summed E-state index contributed by atoms with van der Waals surface area (Å²) in [5.74, 6) is 0.792. The molecule has 2 aromatic carbocycles. The molecule has 3 rings (SSSR count). The largest absolute Gasteiger partial charge is 0.383 e. The molecule has 0 saturated heterocycles. The van der Waals surface area contributed by atoms with Crippen LogP contribution in [-0.2, 0) is 4.74 Å². The number of amides is 1. The number of rotatable bonds is 7. The number of aromatic nitrogens is 2. The molecule has 0 atom stereocenters. The number of methoxy groups -OCH3 is 1. The number of carbonyl (C=O) groups is 1. The van der Waals surface area contributed by atoms with Crippen molar-refractivity contribution in [2.24, 2.45) is 0 Å². The molecule has 138 valence electrons. The average Bonchev–Trinajstić information content (AvgIpc) is 2.70. The Balaban J connectivity index is 1.95. The van der Waals surface area contributed by atoms with Gasteiger partial charge in [0.15, 0.2) is 5.82 Å². The van der Waals surface area contributed by atoms with E-state index < -0.39 is 0 Å². The Morgan fingerprint density at radius 2 is 1.78 bits per heavy atom. The van der Waals surface area contributed by atoms with Crippen molar-refractivity contribution in [3.8, 4) is 11.4 Å². The molecule has 1 aromatic heterocycles. The number of nitrogens with one attached hydrogen (secondary N) is 2. The Kier molecular flexibility index (Phi) is 6.12. The van der Waals surface area contributed by atoms with E-state index in [1.165, 1.54) is 0 Å². The second-order valence-electron chi connectivity index (χ2n) is 6.02. The first-order valence-electron chi connectivity index (χ1n) is 8.71. The summed E-state index contributed by atoms with van der Waals surface area (Å²) < 4.78 is 4.98. The molecule has 0 fully saturated rings. The van der Waals surface area contributed by atoms with Gasteiger partial charge in [-0.1, -0.05) is 48.5 Å². The van der Waals surface area contributed by atoms with Crippen molar-refractivity contribution in [1.82, 2.24) is 15.3 Å². The molecule has 0 unspecified atom stereocenters. The number of aryl methyl sites for hydroxylation is 1. The zero-order valence-corrected chi connectivity index (χ0v) is 15.4. The van der Waals surface area contributed by atoms with E-state index in [1.807, 2.05) is 61.5 Å². The van der Waals surface area contributed by atoms with Gasteiger partial charge in [0.25, 0.3) is 5.91 Å². The van der Waals surface area contributed by atoms with Crippen LogP contribution in [0.25, 0.3) is 11.4 Å². The first kappa shape index (κ1) is 18.5. The van der Waals surface area contributed by atoms with Gasteiger partial charge in [-0.2, -0.15) is 0 Å². The van der Waals surface area contributed by atoms with Crippen LogP contribution >= 0.6 is 0 Å². The Morgan fingerprint density at radius 3 is 2.52 bits per heavy atom. The fraction of sp³-hybridized carbons (Fsp3) is 0.190. The van der Waals surface area contributed by atoms with Crippen molar-refractivity contribution in [2.45, 2.75) is 6.92 Å². The molecular weight excluding hydrogens is 340 g/mol. The lowest BCUT2D eigenvalue weighted by molar-refractivity contribution is 0.0932. The van der Waals surface area contributed by atoms with Crippen molar-refractivity contribution >= 4 is 17.4 Å². The third-order valence-electron chi connectivity index (χ3n) is 3.99. The summed E-state index contributed by atoms with van der Waals surface area (Å²) in [4.78, 5) is 21.5. The second kappa shape index (κ2) is 8.91. The molecule has 0 aliphatic rings. The maximum atomic E-state index is 12.5. The van der Waals surface area contributed by atoms with Crippen LogP contribution in [0, 0.1) is 6.92 Å². The maximum Gasteiger partial charge on any atom is 0.270 e. The summed E-state index contributed by atoms with van der Waals surface area (Å²) in [6.07, 6.45) is 0. The molecule has 6 nitrogen and oxygen atoms in total. The van der Waals surface area contributed by atoms with Crippen LogP contribution in [0.15, 0.2) is 60.7 Å². The van der Waals surface area contributed by atoms with Crippen LogP contribution < -0.4 is 10.6 Å². The maximum absolute atomic E-state index is 12.5. The fourth-order valence-corrected chi connectivity index (χ4v) is 2.55. The van der Waals surface area contributed by atoms with E-state index in [-0.39, 0.29) is 5.91 Å². The van der Waals surface area contributed by atoms with Gasteiger partial charge in [-0.25, -0.2) is 9.97 Å². The normalized spacial score (nSPS) is 10.4. The molecule has 0 saturated carbocycles. The Bertz CT molecular complexity index is 913. The number of anilines is 2. The van der Waals surface area contributed by atoms with Gasteiger partial charge in [0.1, 0.15) is 11.5 Å². The van der Waals surface area contributed by atoms with Crippen molar-refractivity contribution < 1.29 is 9.53 Å². The van der Waals surface area contributed by atoms with E-state index in [0.717, 1.165) is 16.8 Å². The first-order chi connectivity index (χ1) is 13.2. The molecular formula is C21H22N4O2. The Hall–Kier alpha value is -3.25. The predicted octanol–water partition coefficient (Wildman–Crippen LogP) is 3.57. The van der Waals surface area contributed by atoms with Gasteiger partial charge < -0.3 is 15.4 Å². The highest BCUT2D eigenvalue weighted by atomic mass is 16.5. The van der Waals surface area contributed by atoms with Gasteiger partial charge in [-0.3, -0.25) is 4.79 Å². The fourth-order valence-electron chi connectivity index (χ4n) is 2.55. The van der Waals surface area contributed by atoms with Crippen LogP contribution in [0.3, 0.4) is 0 Å². The summed E-state index contributed by atoms with van der Waals surface area (Å²) in [7, 11) is 1.59. The van der Waals surface area contributed by atoms with E-state index in [2.05, 4.69) is 20.6 Å². The molecule has 27 heavy (non-hydrogen) atoms. The third kappa shape index (κ3) is 4.89.